The molecule has 1 aromatic heterocycles. The van der Waals surface area contributed by atoms with Crippen LogP contribution >= 0.6 is 0 Å². The minimum absolute atomic E-state index is 0.0183. The highest BCUT2D eigenvalue weighted by atomic mass is 16.6. The van der Waals surface area contributed by atoms with Crippen LogP contribution in [-0.2, 0) is 4.79 Å². The zero-order valence-corrected chi connectivity index (χ0v) is 17.2. The van der Waals surface area contributed by atoms with Gasteiger partial charge in [0.05, 0.1) is 22.6 Å². The van der Waals surface area contributed by atoms with Crippen LogP contribution in [0.2, 0.25) is 0 Å². The van der Waals surface area contributed by atoms with E-state index < -0.39 is 10.9 Å². The molecule has 0 fully saturated rings. The first kappa shape index (κ1) is 21.0. The Labute approximate surface area is 183 Å². The lowest BCUT2D eigenvalue weighted by Gasteiger charge is -2.11. The van der Waals surface area contributed by atoms with Crippen molar-refractivity contribution in [2.75, 3.05) is 6.61 Å². The Bertz CT molecular complexity index is 1250. The first-order chi connectivity index (χ1) is 15.5. The number of fused-ring (bicyclic) bond motifs is 1. The molecule has 32 heavy (non-hydrogen) atoms. The van der Waals surface area contributed by atoms with Crippen LogP contribution in [-0.4, -0.2) is 32.2 Å². The molecule has 162 valence electrons. The van der Waals surface area contributed by atoms with Gasteiger partial charge >= 0.3 is 5.97 Å². The van der Waals surface area contributed by atoms with Gasteiger partial charge in [-0.3, -0.25) is 19.5 Å². The first-order valence-corrected chi connectivity index (χ1v) is 10.2. The van der Waals surface area contributed by atoms with Crippen molar-refractivity contribution in [3.05, 3.63) is 82.9 Å². The molecule has 0 saturated carbocycles. The van der Waals surface area contributed by atoms with Crippen LogP contribution in [0.15, 0.2) is 72.8 Å². The van der Waals surface area contributed by atoms with Crippen LogP contribution in [0.5, 0.6) is 5.75 Å². The molecule has 0 saturated heterocycles. The Morgan fingerprint density at radius 1 is 1.03 bits per heavy atom. The van der Waals surface area contributed by atoms with E-state index >= 15 is 0 Å². The second-order valence-electron chi connectivity index (χ2n) is 7.26. The van der Waals surface area contributed by atoms with Crippen LogP contribution in [0.1, 0.15) is 19.3 Å². The van der Waals surface area contributed by atoms with Crippen LogP contribution in [0.25, 0.3) is 28.1 Å². The molecule has 0 bridgehead atoms. The van der Waals surface area contributed by atoms with E-state index in [4.69, 9.17) is 14.8 Å². The fraction of sp³-hybridized carbons (Fsp3) is 0.167. The number of nitro groups is 1. The lowest BCUT2D eigenvalue weighted by molar-refractivity contribution is -0.384. The number of carbonyl (C=O) groups is 1. The summed E-state index contributed by atoms with van der Waals surface area (Å²) in [7, 11) is 0. The highest BCUT2D eigenvalue weighted by molar-refractivity contribution is 5.84. The van der Waals surface area contributed by atoms with Crippen molar-refractivity contribution >= 4 is 22.7 Å². The van der Waals surface area contributed by atoms with Gasteiger partial charge in [-0.2, -0.15) is 0 Å². The van der Waals surface area contributed by atoms with Gasteiger partial charge in [0.2, 0.25) is 0 Å². The van der Waals surface area contributed by atoms with Crippen molar-refractivity contribution in [2.24, 2.45) is 0 Å². The number of aliphatic carboxylic acids is 1. The maximum absolute atomic E-state index is 11.1. The maximum Gasteiger partial charge on any atom is 0.303 e. The van der Waals surface area contributed by atoms with Crippen molar-refractivity contribution in [3.8, 4) is 22.8 Å². The standard InChI is InChI=1S/C24H21N3O5/c28-23(29)8-4-5-15-32-20-13-14-21-22(16-20)26(18-9-11-19(12-10-18)27(30)31)24(25-21)17-6-2-1-3-7-17/h1-3,6-7,9-14,16H,4-5,8,15H2,(H,28,29). The molecule has 8 heteroatoms. The summed E-state index contributed by atoms with van der Waals surface area (Å²) >= 11 is 0. The van der Waals surface area contributed by atoms with Gasteiger partial charge in [0, 0.05) is 35.9 Å². The van der Waals surface area contributed by atoms with E-state index in [2.05, 4.69) is 0 Å². The van der Waals surface area contributed by atoms with Crippen LogP contribution in [0.4, 0.5) is 5.69 Å². The molecule has 0 aliphatic carbocycles. The average Bonchev–Trinajstić information content (AvgIpc) is 3.18. The van der Waals surface area contributed by atoms with Gasteiger partial charge in [-0.25, -0.2) is 4.98 Å². The second kappa shape index (κ2) is 9.30. The lowest BCUT2D eigenvalue weighted by Crippen LogP contribution is -2.01. The Morgan fingerprint density at radius 2 is 1.78 bits per heavy atom. The third kappa shape index (κ3) is 4.59. The number of benzene rings is 3. The smallest absolute Gasteiger partial charge is 0.303 e. The Balaban J connectivity index is 1.72. The van der Waals surface area contributed by atoms with E-state index in [1.54, 1.807) is 12.1 Å². The van der Waals surface area contributed by atoms with Gasteiger partial charge in [-0.05, 0) is 37.1 Å². The highest BCUT2D eigenvalue weighted by Crippen LogP contribution is 2.31. The Morgan fingerprint density at radius 3 is 2.47 bits per heavy atom. The number of hydrogen-bond donors (Lipinski definition) is 1. The predicted molar refractivity (Wildman–Crippen MR) is 120 cm³/mol. The lowest BCUT2D eigenvalue weighted by atomic mass is 10.2. The van der Waals surface area contributed by atoms with Gasteiger partial charge in [-0.1, -0.05) is 30.3 Å². The van der Waals surface area contributed by atoms with Crippen molar-refractivity contribution in [3.63, 3.8) is 0 Å². The zero-order valence-electron chi connectivity index (χ0n) is 17.2. The molecule has 0 unspecified atom stereocenters. The molecule has 4 aromatic rings. The number of carboxylic acids is 1. The van der Waals surface area contributed by atoms with Crippen LogP contribution < -0.4 is 4.74 Å². The summed E-state index contributed by atoms with van der Waals surface area (Å²) in [6, 6.07) is 21.6. The summed E-state index contributed by atoms with van der Waals surface area (Å²) in [5.41, 5.74) is 3.25. The molecule has 0 aliphatic heterocycles. The number of unbranched alkanes of at least 4 members (excludes halogenated alkanes) is 1. The molecule has 0 atom stereocenters. The molecule has 0 radical (unpaired) electrons. The molecule has 1 N–H and O–H groups in total. The summed E-state index contributed by atoms with van der Waals surface area (Å²) < 4.78 is 7.78. The van der Waals surface area contributed by atoms with Crippen molar-refractivity contribution < 1.29 is 19.6 Å². The van der Waals surface area contributed by atoms with Crippen LogP contribution in [0, 0.1) is 10.1 Å². The predicted octanol–water partition coefficient (Wildman–Crippen LogP) is 5.23. The van der Waals surface area contributed by atoms with E-state index in [1.165, 1.54) is 12.1 Å². The quantitative estimate of drug-likeness (QED) is 0.221. The molecule has 0 spiro atoms. The number of aromatic nitrogens is 2. The highest BCUT2D eigenvalue weighted by Gasteiger charge is 2.16. The normalized spacial score (nSPS) is 10.9. The summed E-state index contributed by atoms with van der Waals surface area (Å²) in [6.07, 6.45) is 1.31. The maximum atomic E-state index is 11.1. The molecule has 0 aliphatic rings. The van der Waals surface area contributed by atoms with Gasteiger partial charge in [0.25, 0.3) is 5.69 Å². The number of hydrogen-bond acceptors (Lipinski definition) is 5. The minimum Gasteiger partial charge on any atom is -0.494 e. The summed E-state index contributed by atoms with van der Waals surface area (Å²) in [6.45, 7) is 0.413. The summed E-state index contributed by atoms with van der Waals surface area (Å²) in [4.78, 5) is 26.1. The number of non-ortho nitro benzene ring substituents is 1. The van der Waals surface area contributed by atoms with E-state index in [9.17, 15) is 14.9 Å². The number of carboxylic acid groups (broad SMARTS) is 1. The van der Waals surface area contributed by atoms with Crippen molar-refractivity contribution in [1.82, 2.24) is 9.55 Å². The van der Waals surface area contributed by atoms with Gasteiger partial charge in [0.1, 0.15) is 11.6 Å². The van der Waals surface area contributed by atoms with Gasteiger partial charge in [-0.15, -0.1) is 0 Å². The molecular weight excluding hydrogens is 410 g/mol. The van der Waals surface area contributed by atoms with E-state index in [1.807, 2.05) is 53.1 Å². The van der Waals surface area contributed by atoms with E-state index in [-0.39, 0.29) is 12.1 Å². The molecule has 4 rings (SSSR count). The molecule has 8 nitrogen and oxygen atoms in total. The minimum atomic E-state index is -0.813. The van der Waals surface area contributed by atoms with Crippen molar-refractivity contribution in [2.45, 2.75) is 19.3 Å². The monoisotopic (exact) mass is 431 g/mol. The van der Waals surface area contributed by atoms with Crippen LogP contribution in [0.3, 0.4) is 0 Å². The van der Waals surface area contributed by atoms with Gasteiger partial charge < -0.3 is 9.84 Å². The summed E-state index contributed by atoms with van der Waals surface area (Å²) in [5.74, 6) is 0.551. The number of imidazole rings is 1. The number of nitrogens with zero attached hydrogens (tertiary/aromatic N) is 3. The third-order valence-corrected chi connectivity index (χ3v) is 5.03. The average molecular weight is 431 g/mol. The van der Waals surface area contributed by atoms with Gasteiger partial charge in [0.15, 0.2) is 0 Å². The fourth-order valence-corrected chi connectivity index (χ4v) is 3.48. The topological polar surface area (TPSA) is 107 Å². The summed E-state index contributed by atoms with van der Waals surface area (Å²) in [5, 5.41) is 19.8. The SMILES string of the molecule is O=C(O)CCCCOc1ccc2nc(-c3ccccc3)n(-c3ccc([N+](=O)[O-])cc3)c2c1. The molecule has 3 aromatic carbocycles. The molecule has 1 heterocycles. The fourth-order valence-electron chi connectivity index (χ4n) is 3.48. The van der Waals surface area contributed by atoms with Crippen molar-refractivity contribution in [1.29, 1.82) is 0 Å². The zero-order chi connectivity index (χ0) is 22.5. The Hall–Kier alpha value is -4.20. The molecule has 0 amide bonds. The number of ether oxygens (including phenoxy) is 1. The van der Waals surface area contributed by atoms with E-state index in [0.29, 0.717) is 31.0 Å². The Kier molecular flexibility index (Phi) is 6.12. The largest absolute Gasteiger partial charge is 0.494 e. The number of nitro benzene ring substituents is 1. The molecular formula is C24H21N3O5. The third-order valence-electron chi connectivity index (χ3n) is 5.03. The first-order valence-electron chi connectivity index (χ1n) is 10.2. The van der Waals surface area contributed by atoms with E-state index in [0.717, 1.165) is 22.3 Å². The number of rotatable bonds is 9. The second-order valence-corrected chi connectivity index (χ2v) is 7.26.